The molecule has 3 rings (SSSR count). The van der Waals surface area contributed by atoms with E-state index >= 15 is 0 Å². The van der Waals surface area contributed by atoms with Crippen LogP contribution < -0.4 is 14.2 Å². The van der Waals surface area contributed by atoms with Crippen LogP contribution in [-0.4, -0.2) is 13.4 Å². The minimum atomic E-state index is -0.181. The molecular weight excluding hydrogens is 240 g/mol. The molecule has 19 heavy (non-hydrogen) atoms. The van der Waals surface area contributed by atoms with Gasteiger partial charge >= 0.3 is 0 Å². The van der Waals surface area contributed by atoms with Crippen molar-refractivity contribution in [3.05, 3.63) is 54.1 Å². The van der Waals surface area contributed by atoms with Gasteiger partial charge in [-0.1, -0.05) is 24.3 Å². The van der Waals surface area contributed by atoms with Crippen molar-refractivity contribution in [3.8, 4) is 17.2 Å². The molecule has 1 heterocycles. The topological polar surface area (TPSA) is 27.7 Å². The third-order valence-electron chi connectivity index (χ3n) is 3.19. The SMILES string of the molecule is COc1ccc(CCC2Oc3ccccc3O2)cc1. The Morgan fingerprint density at radius 2 is 1.58 bits per heavy atom. The van der Waals surface area contributed by atoms with Crippen molar-refractivity contribution < 1.29 is 14.2 Å². The second-order valence-electron chi connectivity index (χ2n) is 4.50. The summed E-state index contributed by atoms with van der Waals surface area (Å²) in [5, 5.41) is 0. The second kappa shape index (κ2) is 5.22. The summed E-state index contributed by atoms with van der Waals surface area (Å²) in [6.07, 6.45) is 1.57. The van der Waals surface area contributed by atoms with E-state index in [1.54, 1.807) is 7.11 Å². The molecule has 0 bridgehead atoms. The first-order valence-corrected chi connectivity index (χ1v) is 6.40. The quantitative estimate of drug-likeness (QED) is 0.838. The first kappa shape index (κ1) is 11.9. The lowest BCUT2D eigenvalue weighted by atomic mass is 10.1. The van der Waals surface area contributed by atoms with Crippen LogP contribution in [0.1, 0.15) is 12.0 Å². The van der Waals surface area contributed by atoms with E-state index in [1.807, 2.05) is 36.4 Å². The highest BCUT2D eigenvalue weighted by Crippen LogP contribution is 2.35. The number of para-hydroxylation sites is 2. The molecule has 0 unspecified atom stereocenters. The van der Waals surface area contributed by atoms with E-state index in [4.69, 9.17) is 14.2 Å². The summed E-state index contributed by atoms with van der Waals surface area (Å²) in [5.41, 5.74) is 1.25. The summed E-state index contributed by atoms with van der Waals surface area (Å²) in [7, 11) is 1.67. The number of rotatable bonds is 4. The molecule has 1 aliphatic rings. The first-order chi connectivity index (χ1) is 9.35. The summed E-state index contributed by atoms with van der Waals surface area (Å²) >= 11 is 0. The summed E-state index contributed by atoms with van der Waals surface area (Å²) in [6.45, 7) is 0. The molecule has 0 aromatic heterocycles. The number of methoxy groups -OCH3 is 1. The zero-order valence-corrected chi connectivity index (χ0v) is 10.8. The van der Waals surface area contributed by atoms with Gasteiger partial charge in [0.25, 0.3) is 0 Å². The maximum Gasteiger partial charge on any atom is 0.241 e. The zero-order valence-electron chi connectivity index (χ0n) is 10.8. The number of hydrogen-bond acceptors (Lipinski definition) is 3. The number of fused-ring (bicyclic) bond motifs is 1. The molecule has 0 radical (unpaired) electrons. The van der Waals surface area contributed by atoms with Gasteiger partial charge in [-0.2, -0.15) is 0 Å². The fourth-order valence-electron chi connectivity index (χ4n) is 2.15. The summed E-state index contributed by atoms with van der Waals surface area (Å²) in [6, 6.07) is 15.9. The van der Waals surface area contributed by atoms with Crippen LogP contribution in [0.5, 0.6) is 17.2 Å². The minimum Gasteiger partial charge on any atom is -0.497 e. The van der Waals surface area contributed by atoms with E-state index in [2.05, 4.69) is 12.1 Å². The zero-order chi connectivity index (χ0) is 13.1. The van der Waals surface area contributed by atoms with Gasteiger partial charge in [0.15, 0.2) is 11.5 Å². The van der Waals surface area contributed by atoms with Crippen LogP contribution in [0, 0.1) is 0 Å². The third kappa shape index (κ3) is 2.65. The van der Waals surface area contributed by atoms with Crippen LogP contribution in [0.4, 0.5) is 0 Å². The summed E-state index contributed by atoms with van der Waals surface area (Å²) < 4.78 is 16.6. The molecule has 0 fully saturated rings. The fourth-order valence-corrected chi connectivity index (χ4v) is 2.15. The third-order valence-corrected chi connectivity index (χ3v) is 3.19. The highest BCUT2D eigenvalue weighted by molar-refractivity contribution is 5.41. The highest BCUT2D eigenvalue weighted by atomic mass is 16.7. The van der Waals surface area contributed by atoms with Crippen molar-refractivity contribution in [1.29, 1.82) is 0 Å². The van der Waals surface area contributed by atoms with E-state index in [9.17, 15) is 0 Å². The van der Waals surface area contributed by atoms with Crippen molar-refractivity contribution >= 4 is 0 Å². The Hall–Kier alpha value is -2.16. The maximum atomic E-state index is 5.73. The van der Waals surface area contributed by atoms with E-state index in [0.29, 0.717) is 0 Å². The molecule has 3 heteroatoms. The lowest BCUT2D eigenvalue weighted by molar-refractivity contribution is 0.0422. The fraction of sp³-hybridized carbons (Fsp3) is 0.250. The van der Waals surface area contributed by atoms with E-state index in [-0.39, 0.29) is 6.29 Å². The van der Waals surface area contributed by atoms with Crippen LogP contribution in [-0.2, 0) is 6.42 Å². The Morgan fingerprint density at radius 3 is 2.16 bits per heavy atom. The van der Waals surface area contributed by atoms with Crippen LogP contribution >= 0.6 is 0 Å². The van der Waals surface area contributed by atoms with Gasteiger partial charge < -0.3 is 14.2 Å². The maximum absolute atomic E-state index is 5.73. The summed E-state index contributed by atoms with van der Waals surface area (Å²) in [4.78, 5) is 0. The normalized spacial score (nSPS) is 13.5. The van der Waals surface area contributed by atoms with E-state index in [1.165, 1.54) is 5.56 Å². The molecule has 98 valence electrons. The van der Waals surface area contributed by atoms with Crippen molar-refractivity contribution in [2.24, 2.45) is 0 Å². The number of hydrogen-bond donors (Lipinski definition) is 0. The number of aryl methyl sites for hydroxylation is 1. The average molecular weight is 256 g/mol. The average Bonchev–Trinajstić information content (AvgIpc) is 2.88. The van der Waals surface area contributed by atoms with Gasteiger partial charge in [0, 0.05) is 6.42 Å². The lowest BCUT2D eigenvalue weighted by Gasteiger charge is -2.10. The Morgan fingerprint density at radius 1 is 0.947 bits per heavy atom. The smallest absolute Gasteiger partial charge is 0.241 e. The van der Waals surface area contributed by atoms with Gasteiger partial charge in [0.05, 0.1) is 7.11 Å². The largest absolute Gasteiger partial charge is 0.497 e. The van der Waals surface area contributed by atoms with E-state index < -0.39 is 0 Å². The Balaban J connectivity index is 1.56. The monoisotopic (exact) mass is 256 g/mol. The molecule has 0 amide bonds. The van der Waals surface area contributed by atoms with Gasteiger partial charge in [-0.15, -0.1) is 0 Å². The van der Waals surface area contributed by atoms with Gasteiger partial charge in [0.1, 0.15) is 5.75 Å². The van der Waals surface area contributed by atoms with Crippen molar-refractivity contribution in [1.82, 2.24) is 0 Å². The minimum absolute atomic E-state index is 0.181. The molecule has 0 saturated heterocycles. The van der Waals surface area contributed by atoms with Gasteiger partial charge in [-0.3, -0.25) is 0 Å². The number of benzene rings is 2. The van der Waals surface area contributed by atoms with Crippen molar-refractivity contribution in [2.45, 2.75) is 19.1 Å². The molecule has 0 saturated carbocycles. The molecule has 0 atom stereocenters. The van der Waals surface area contributed by atoms with Crippen LogP contribution in [0.3, 0.4) is 0 Å². The molecule has 0 spiro atoms. The predicted octanol–water partition coefficient (Wildman–Crippen LogP) is 3.43. The van der Waals surface area contributed by atoms with Gasteiger partial charge in [0.2, 0.25) is 6.29 Å². The van der Waals surface area contributed by atoms with Gasteiger partial charge in [-0.05, 0) is 36.2 Å². The Labute approximate surface area is 112 Å². The van der Waals surface area contributed by atoms with Crippen molar-refractivity contribution in [2.75, 3.05) is 7.11 Å². The first-order valence-electron chi connectivity index (χ1n) is 6.40. The Kier molecular flexibility index (Phi) is 3.27. The molecule has 2 aromatic carbocycles. The summed E-state index contributed by atoms with van der Waals surface area (Å²) in [5.74, 6) is 2.55. The standard InChI is InChI=1S/C16H16O3/c1-17-13-9-6-12(7-10-13)8-11-16-18-14-4-2-3-5-15(14)19-16/h2-7,9-10,16H,8,11H2,1H3. The molecule has 2 aromatic rings. The molecule has 3 nitrogen and oxygen atoms in total. The van der Waals surface area contributed by atoms with Crippen LogP contribution in [0.2, 0.25) is 0 Å². The Bertz CT molecular complexity index is 523. The molecule has 0 N–H and O–H groups in total. The van der Waals surface area contributed by atoms with Crippen LogP contribution in [0.15, 0.2) is 48.5 Å². The van der Waals surface area contributed by atoms with E-state index in [0.717, 1.165) is 30.1 Å². The molecule has 1 aliphatic heterocycles. The van der Waals surface area contributed by atoms with Crippen LogP contribution in [0.25, 0.3) is 0 Å². The van der Waals surface area contributed by atoms with Gasteiger partial charge in [-0.25, -0.2) is 0 Å². The second-order valence-corrected chi connectivity index (χ2v) is 4.50. The molecule has 0 aliphatic carbocycles. The predicted molar refractivity (Wildman–Crippen MR) is 72.8 cm³/mol. The lowest BCUT2D eigenvalue weighted by Crippen LogP contribution is -2.18. The molecular formula is C16H16O3. The van der Waals surface area contributed by atoms with Crippen molar-refractivity contribution in [3.63, 3.8) is 0 Å². The number of ether oxygens (including phenoxy) is 3. The highest BCUT2D eigenvalue weighted by Gasteiger charge is 2.22.